The Morgan fingerprint density at radius 1 is 1.19 bits per heavy atom. The van der Waals surface area contributed by atoms with Gasteiger partial charge in [-0.1, -0.05) is 0 Å². The Morgan fingerprint density at radius 2 is 1.89 bits per heavy atom. The van der Waals surface area contributed by atoms with Crippen molar-refractivity contribution in [1.82, 2.24) is 9.97 Å². The van der Waals surface area contributed by atoms with Gasteiger partial charge in [0.05, 0.1) is 23.0 Å². The summed E-state index contributed by atoms with van der Waals surface area (Å²) in [5.41, 5.74) is 6.05. The fraction of sp³-hybridized carbons (Fsp3) is 0.235. The molecule has 0 radical (unpaired) electrons. The zero-order chi connectivity index (χ0) is 19.6. The van der Waals surface area contributed by atoms with E-state index in [1.165, 1.54) is 36.4 Å². The molecule has 0 fully saturated rings. The molecular weight excluding hydrogens is 371 g/mol. The highest BCUT2D eigenvalue weighted by Crippen LogP contribution is 2.35. The zero-order valence-electron chi connectivity index (χ0n) is 14.0. The maximum atomic E-state index is 12.9. The van der Waals surface area contributed by atoms with E-state index >= 15 is 0 Å². The third kappa shape index (κ3) is 4.02. The first kappa shape index (κ1) is 19.1. The van der Waals surface area contributed by atoms with Gasteiger partial charge in [0.15, 0.2) is 5.82 Å². The number of hydrogen-bond acceptors (Lipinski definition) is 9. The minimum atomic E-state index is -1.59. The highest BCUT2D eigenvalue weighted by Gasteiger charge is 2.34. The quantitative estimate of drug-likeness (QED) is 0.358. The predicted octanol–water partition coefficient (Wildman–Crippen LogP) is 1.55. The second-order valence-electron chi connectivity index (χ2n) is 5.86. The zero-order valence-corrected chi connectivity index (χ0v) is 14.8. The predicted molar refractivity (Wildman–Crippen MR) is 102 cm³/mol. The molecule has 0 saturated heterocycles. The van der Waals surface area contributed by atoms with Crippen molar-refractivity contribution in [3.63, 3.8) is 0 Å². The number of aromatic nitrogens is 2. The van der Waals surface area contributed by atoms with Crippen LogP contribution < -0.4 is 5.73 Å². The van der Waals surface area contributed by atoms with Crippen molar-refractivity contribution in [2.45, 2.75) is 23.0 Å². The number of anilines is 1. The maximum absolute atomic E-state index is 12.9. The molecule has 6 N–H and O–H groups in total. The van der Waals surface area contributed by atoms with Crippen LogP contribution in [0.4, 0.5) is 15.9 Å². The Hall–Kier alpha value is -2.69. The second kappa shape index (κ2) is 7.91. The van der Waals surface area contributed by atoms with Crippen molar-refractivity contribution in [2.75, 3.05) is 11.5 Å². The summed E-state index contributed by atoms with van der Waals surface area (Å²) in [4.78, 5) is 12.7. The monoisotopic (exact) mass is 388 g/mol. The molecule has 3 atom stereocenters. The average Bonchev–Trinajstić information content (AvgIpc) is 3.11. The third-order valence-corrected chi connectivity index (χ3v) is 5.10. The molecule has 2 heterocycles. The average molecular weight is 388 g/mol. The second-order valence-corrected chi connectivity index (χ2v) is 6.91. The van der Waals surface area contributed by atoms with E-state index in [4.69, 9.17) is 16.6 Å². The number of hydrogen-bond donors (Lipinski definition) is 5. The molecule has 1 unspecified atom stereocenters. The topological polar surface area (TPSA) is 152 Å². The van der Waals surface area contributed by atoms with Gasteiger partial charge in [0.1, 0.15) is 30.0 Å². The van der Waals surface area contributed by atoms with Gasteiger partial charge in [0.2, 0.25) is 0 Å². The van der Waals surface area contributed by atoms with E-state index in [2.05, 4.69) is 15.0 Å². The highest BCUT2D eigenvalue weighted by atomic mass is 32.2. The van der Waals surface area contributed by atoms with E-state index in [9.17, 15) is 14.6 Å². The number of thioether (sulfide) groups is 1. The normalized spacial score (nSPS) is 17.4. The number of halogens is 1. The summed E-state index contributed by atoms with van der Waals surface area (Å²) in [6.07, 6.45) is -0.495. The van der Waals surface area contributed by atoms with Gasteiger partial charge in [0.25, 0.3) is 0 Å². The minimum Gasteiger partial charge on any atom is -0.384 e. The molecule has 3 rings (SSSR count). The maximum Gasteiger partial charge on any atom is 0.153 e. The lowest BCUT2D eigenvalue weighted by atomic mass is 9.93. The highest BCUT2D eigenvalue weighted by molar-refractivity contribution is 8.00. The van der Waals surface area contributed by atoms with Crippen molar-refractivity contribution in [3.05, 3.63) is 42.1 Å². The Kier molecular flexibility index (Phi) is 5.59. The molecule has 8 nitrogen and oxygen atoms in total. The number of nitrogens with one attached hydrogen (secondary N) is 2. The summed E-state index contributed by atoms with van der Waals surface area (Å²) in [5.74, 6) is -0.847. The van der Waals surface area contributed by atoms with Gasteiger partial charge in [0, 0.05) is 16.9 Å². The number of nitrogens with two attached hydrogens (primary N) is 1. The van der Waals surface area contributed by atoms with E-state index in [1.807, 2.05) is 0 Å². The number of aliphatic hydroxyl groups is 2. The molecule has 0 aliphatic carbocycles. The Bertz CT molecular complexity index is 905. The first-order valence-electron chi connectivity index (χ1n) is 7.93. The molecule has 2 aromatic rings. The summed E-state index contributed by atoms with van der Waals surface area (Å²) in [7, 11) is 0. The SMILES string of the molecule is N=C(C1C=Nc2c(N)ncnc21)[C@@H](O)[C@@H](O)C(=N)CSc1ccc(F)cc1. The van der Waals surface area contributed by atoms with Crippen LogP contribution in [0.15, 0.2) is 40.5 Å². The smallest absolute Gasteiger partial charge is 0.153 e. The molecule has 0 saturated carbocycles. The lowest BCUT2D eigenvalue weighted by Crippen LogP contribution is -2.42. The van der Waals surface area contributed by atoms with Crippen molar-refractivity contribution in [1.29, 1.82) is 10.8 Å². The largest absolute Gasteiger partial charge is 0.384 e. The fourth-order valence-corrected chi connectivity index (χ4v) is 3.36. The number of nitrogen functional groups attached to an aromatic ring is 1. The van der Waals surface area contributed by atoms with Gasteiger partial charge in [-0.25, -0.2) is 14.4 Å². The van der Waals surface area contributed by atoms with Crippen LogP contribution in [0.1, 0.15) is 11.6 Å². The standard InChI is InChI=1S/C17H17FN6O2S/c18-8-1-3-9(4-2-8)27-6-11(19)15(25)16(26)12(20)10-5-22-14-13(10)23-7-24-17(14)21/h1-5,7,10,15-16,19-20,25-26H,6H2,(H2,21,23,24)/t10?,15-,16+/m0/s1. The number of benzene rings is 1. The molecule has 27 heavy (non-hydrogen) atoms. The lowest BCUT2D eigenvalue weighted by molar-refractivity contribution is 0.103. The Labute approximate surface area is 158 Å². The van der Waals surface area contributed by atoms with Gasteiger partial charge in [-0.05, 0) is 24.3 Å². The van der Waals surface area contributed by atoms with E-state index in [0.29, 0.717) is 11.4 Å². The molecule has 1 aromatic heterocycles. The molecule has 0 bridgehead atoms. The van der Waals surface area contributed by atoms with Gasteiger partial charge < -0.3 is 26.8 Å². The van der Waals surface area contributed by atoms with Gasteiger partial charge >= 0.3 is 0 Å². The third-order valence-electron chi connectivity index (χ3n) is 4.04. The summed E-state index contributed by atoms with van der Waals surface area (Å²) >= 11 is 1.22. The van der Waals surface area contributed by atoms with Crippen LogP contribution in [0.2, 0.25) is 0 Å². The van der Waals surface area contributed by atoms with Gasteiger partial charge in [-0.3, -0.25) is 4.99 Å². The Balaban J connectivity index is 1.63. The number of rotatable bonds is 7. The van der Waals surface area contributed by atoms with Crippen molar-refractivity contribution >= 4 is 40.9 Å². The molecule has 1 aliphatic rings. The number of nitrogens with zero attached hydrogens (tertiary/aromatic N) is 3. The molecule has 10 heteroatoms. The van der Waals surface area contributed by atoms with Crippen molar-refractivity contribution in [2.24, 2.45) is 4.99 Å². The van der Waals surface area contributed by atoms with Crippen LogP contribution in [-0.2, 0) is 0 Å². The van der Waals surface area contributed by atoms with Crippen LogP contribution in [-0.4, -0.2) is 55.8 Å². The van der Waals surface area contributed by atoms with E-state index in [0.717, 1.165) is 4.90 Å². The van der Waals surface area contributed by atoms with Crippen LogP contribution in [0.25, 0.3) is 0 Å². The first-order valence-corrected chi connectivity index (χ1v) is 8.91. The summed E-state index contributed by atoms with van der Waals surface area (Å²) in [5, 5.41) is 36.8. The molecule has 0 amide bonds. The summed E-state index contributed by atoms with van der Waals surface area (Å²) < 4.78 is 12.9. The lowest BCUT2D eigenvalue weighted by Gasteiger charge is -2.22. The minimum absolute atomic E-state index is 0.0849. The Morgan fingerprint density at radius 3 is 2.59 bits per heavy atom. The van der Waals surface area contributed by atoms with Gasteiger partial charge in [-0.2, -0.15) is 0 Å². The number of fused-ring (bicyclic) bond motifs is 1. The van der Waals surface area contributed by atoms with Crippen LogP contribution >= 0.6 is 11.8 Å². The summed E-state index contributed by atoms with van der Waals surface area (Å²) in [6.45, 7) is 0. The number of aliphatic imine (C=N–C) groups is 1. The fourth-order valence-electron chi connectivity index (χ4n) is 2.54. The van der Waals surface area contributed by atoms with E-state index < -0.39 is 18.1 Å². The molecule has 140 valence electrons. The molecular formula is C17H17FN6O2S. The van der Waals surface area contributed by atoms with E-state index in [1.54, 1.807) is 12.1 Å². The molecule has 1 aliphatic heterocycles. The van der Waals surface area contributed by atoms with Crippen molar-refractivity contribution in [3.8, 4) is 0 Å². The van der Waals surface area contributed by atoms with Crippen LogP contribution in [0, 0.1) is 16.6 Å². The van der Waals surface area contributed by atoms with Gasteiger partial charge in [-0.15, -0.1) is 11.8 Å². The number of aliphatic hydroxyl groups excluding tert-OH is 2. The van der Waals surface area contributed by atoms with Crippen LogP contribution in [0.5, 0.6) is 0 Å². The van der Waals surface area contributed by atoms with Crippen molar-refractivity contribution < 1.29 is 14.6 Å². The molecule has 0 spiro atoms. The van der Waals surface area contributed by atoms with Crippen LogP contribution in [0.3, 0.4) is 0 Å². The van der Waals surface area contributed by atoms with E-state index in [-0.39, 0.29) is 28.8 Å². The summed E-state index contributed by atoms with van der Waals surface area (Å²) in [6, 6.07) is 5.73. The molecule has 1 aromatic carbocycles. The first-order chi connectivity index (χ1) is 12.9.